The van der Waals surface area contributed by atoms with Gasteiger partial charge in [0.15, 0.2) is 15.6 Å². The van der Waals surface area contributed by atoms with Crippen LogP contribution in [0.4, 0.5) is 10.3 Å². The lowest BCUT2D eigenvalue weighted by Gasteiger charge is -2.39. The Morgan fingerprint density at radius 3 is 2.45 bits per heavy atom. The molecule has 2 heterocycles. The summed E-state index contributed by atoms with van der Waals surface area (Å²) in [5, 5.41) is 5.79. The third-order valence-electron chi connectivity index (χ3n) is 6.98. The third-order valence-corrected chi connectivity index (χ3v) is 7.65. The summed E-state index contributed by atoms with van der Waals surface area (Å²) in [7, 11) is -3.33. The maximum Gasteiger partial charge on any atom is 0.224 e. The molecule has 4 rings (SSSR count). The van der Waals surface area contributed by atoms with E-state index in [2.05, 4.69) is 20.6 Å². The molecule has 9 nitrogen and oxygen atoms in total. The molecule has 2 N–H and O–H groups in total. The molecular formula is C33H41FN4O5S. The van der Waals surface area contributed by atoms with E-state index < -0.39 is 15.6 Å². The summed E-state index contributed by atoms with van der Waals surface area (Å²) in [6, 6.07) is 15.9. The van der Waals surface area contributed by atoms with Crippen molar-refractivity contribution in [3.8, 4) is 11.3 Å². The van der Waals surface area contributed by atoms with Gasteiger partial charge >= 0.3 is 0 Å². The van der Waals surface area contributed by atoms with Crippen LogP contribution in [0.2, 0.25) is 0 Å². The van der Waals surface area contributed by atoms with Crippen molar-refractivity contribution in [2.75, 3.05) is 24.0 Å². The number of carbonyl (C=O) groups is 1. The zero-order valence-electron chi connectivity index (χ0n) is 25.8. The second kappa shape index (κ2) is 14.4. The fraction of sp³-hybridized carbons (Fsp3) is 0.424. The first-order chi connectivity index (χ1) is 20.8. The Kier molecular flexibility index (Phi) is 10.9. The summed E-state index contributed by atoms with van der Waals surface area (Å²) < 4.78 is 49.7. The van der Waals surface area contributed by atoms with Gasteiger partial charge < -0.3 is 20.1 Å². The van der Waals surface area contributed by atoms with Crippen molar-refractivity contribution in [2.24, 2.45) is 0 Å². The molecule has 3 aromatic rings. The number of ether oxygens (including phenoxy) is 2. The van der Waals surface area contributed by atoms with Gasteiger partial charge in [-0.25, -0.2) is 22.8 Å². The van der Waals surface area contributed by atoms with Crippen molar-refractivity contribution in [1.82, 2.24) is 15.3 Å². The number of hydrogen-bond acceptors (Lipinski definition) is 8. The Bertz CT molecular complexity index is 1560. The maximum atomic E-state index is 13.8. The van der Waals surface area contributed by atoms with Crippen LogP contribution in [0.25, 0.3) is 17.3 Å². The fourth-order valence-electron chi connectivity index (χ4n) is 5.06. The van der Waals surface area contributed by atoms with Crippen molar-refractivity contribution >= 4 is 27.8 Å². The second-order valence-electron chi connectivity index (χ2n) is 11.8. The standard InChI is InChI=1S/C33H41FN4O5S/c1-22(2)30-28(31(24-11-13-25(34)14-12-24)38-32(37-30)36-21-44(5,40)41)16-15-26-19-27(43-33(3,4)42-26)20-29(39)35-18-17-23-9-7-6-8-10-23/h6-16,22,26-27H,17-21H2,1-5H3,(H,35,39)(H,36,37,38). The Labute approximate surface area is 259 Å². The van der Waals surface area contributed by atoms with E-state index in [0.717, 1.165) is 18.2 Å². The van der Waals surface area contributed by atoms with Crippen LogP contribution in [0, 0.1) is 5.82 Å². The fourth-order valence-corrected chi connectivity index (χ4v) is 5.45. The van der Waals surface area contributed by atoms with Crippen LogP contribution in [0.1, 0.15) is 63.3 Å². The van der Waals surface area contributed by atoms with Crippen LogP contribution in [-0.2, 0) is 30.5 Å². The first-order valence-electron chi connectivity index (χ1n) is 14.7. The number of amides is 1. The normalized spacial score (nSPS) is 18.4. The minimum absolute atomic E-state index is 0.0463. The summed E-state index contributed by atoms with van der Waals surface area (Å²) in [5.41, 5.74) is 3.73. The zero-order valence-corrected chi connectivity index (χ0v) is 26.7. The molecule has 0 saturated carbocycles. The molecule has 11 heteroatoms. The zero-order chi connectivity index (χ0) is 31.9. The van der Waals surface area contributed by atoms with E-state index in [0.29, 0.717) is 35.5 Å². The Balaban J connectivity index is 1.55. The molecule has 236 valence electrons. The SMILES string of the molecule is CC(C)c1nc(NCS(C)(=O)=O)nc(-c2ccc(F)cc2)c1C=CC1CC(CC(=O)NCCc2ccccc2)OC(C)(C)O1. The summed E-state index contributed by atoms with van der Waals surface area (Å²) >= 11 is 0. The Hall–Kier alpha value is -3.67. The minimum atomic E-state index is -3.33. The highest BCUT2D eigenvalue weighted by atomic mass is 32.2. The van der Waals surface area contributed by atoms with Gasteiger partial charge in [-0.2, -0.15) is 0 Å². The molecule has 0 bridgehead atoms. The van der Waals surface area contributed by atoms with Gasteiger partial charge in [0, 0.05) is 30.3 Å². The molecule has 2 aromatic carbocycles. The van der Waals surface area contributed by atoms with Gasteiger partial charge in [-0.05, 0) is 56.0 Å². The number of benzene rings is 2. The van der Waals surface area contributed by atoms with Crippen LogP contribution < -0.4 is 10.6 Å². The van der Waals surface area contributed by atoms with Crippen LogP contribution in [0.3, 0.4) is 0 Å². The van der Waals surface area contributed by atoms with Crippen molar-refractivity contribution < 1.29 is 27.1 Å². The highest BCUT2D eigenvalue weighted by Crippen LogP contribution is 2.33. The van der Waals surface area contributed by atoms with Crippen LogP contribution in [-0.4, -0.2) is 61.0 Å². The topological polar surface area (TPSA) is 120 Å². The molecule has 0 radical (unpaired) electrons. The number of carbonyl (C=O) groups excluding carboxylic acids is 1. The number of aromatic nitrogens is 2. The summed E-state index contributed by atoms with van der Waals surface area (Å²) in [6.45, 7) is 8.15. The van der Waals surface area contributed by atoms with E-state index >= 15 is 0 Å². The van der Waals surface area contributed by atoms with E-state index in [1.54, 1.807) is 12.1 Å². The second-order valence-corrected chi connectivity index (χ2v) is 13.9. The number of nitrogens with zero attached hydrogens (tertiary/aromatic N) is 2. The number of halogens is 1. The number of hydrogen-bond donors (Lipinski definition) is 2. The van der Waals surface area contributed by atoms with Gasteiger partial charge in [0.05, 0.1) is 30.0 Å². The molecule has 1 amide bonds. The number of rotatable bonds is 12. The van der Waals surface area contributed by atoms with Gasteiger partial charge in [0.25, 0.3) is 0 Å². The molecule has 0 aliphatic carbocycles. The molecule has 1 fully saturated rings. The molecule has 2 atom stereocenters. The van der Waals surface area contributed by atoms with Crippen LogP contribution in [0.5, 0.6) is 0 Å². The molecular weight excluding hydrogens is 583 g/mol. The monoisotopic (exact) mass is 624 g/mol. The van der Waals surface area contributed by atoms with Crippen molar-refractivity contribution in [1.29, 1.82) is 0 Å². The van der Waals surface area contributed by atoms with Crippen LogP contribution >= 0.6 is 0 Å². The van der Waals surface area contributed by atoms with Crippen molar-refractivity contribution in [3.05, 3.63) is 83.3 Å². The smallest absolute Gasteiger partial charge is 0.224 e. The summed E-state index contributed by atoms with van der Waals surface area (Å²) in [5.74, 6) is -1.59. The maximum absolute atomic E-state index is 13.8. The summed E-state index contributed by atoms with van der Waals surface area (Å²) in [4.78, 5) is 22.0. The molecule has 2 unspecified atom stereocenters. The lowest BCUT2D eigenvalue weighted by atomic mass is 9.97. The van der Waals surface area contributed by atoms with Crippen LogP contribution in [0.15, 0.2) is 60.7 Å². The van der Waals surface area contributed by atoms with E-state index in [4.69, 9.17) is 9.47 Å². The van der Waals surface area contributed by atoms with Crippen molar-refractivity contribution in [3.63, 3.8) is 0 Å². The van der Waals surface area contributed by atoms with E-state index in [1.807, 2.05) is 70.2 Å². The third kappa shape index (κ3) is 9.93. The predicted molar refractivity (Wildman–Crippen MR) is 170 cm³/mol. The molecule has 1 aliphatic heterocycles. The number of nitrogens with one attached hydrogen (secondary N) is 2. The average Bonchev–Trinajstić information content (AvgIpc) is 2.94. The Morgan fingerprint density at radius 2 is 1.80 bits per heavy atom. The average molecular weight is 625 g/mol. The lowest BCUT2D eigenvalue weighted by Crippen LogP contribution is -2.45. The lowest BCUT2D eigenvalue weighted by molar-refractivity contribution is -0.289. The Morgan fingerprint density at radius 1 is 1.09 bits per heavy atom. The molecule has 44 heavy (non-hydrogen) atoms. The van der Waals surface area contributed by atoms with E-state index in [1.165, 1.54) is 12.1 Å². The van der Waals surface area contributed by atoms with Crippen molar-refractivity contribution in [2.45, 2.75) is 70.9 Å². The van der Waals surface area contributed by atoms with Gasteiger partial charge in [-0.3, -0.25) is 4.79 Å². The molecule has 1 saturated heterocycles. The van der Waals surface area contributed by atoms with Gasteiger partial charge in [0.1, 0.15) is 11.7 Å². The van der Waals surface area contributed by atoms with Gasteiger partial charge in [0.2, 0.25) is 11.9 Å². The quantitative estimate of drug-likeness (QED) is 0.272. The number of anilines is 1. The molecule has 1 aromatic heterocycles. The largest absolute Gasteiger partial charge is 0.356 e. The minimum Gasteiger partial charge on any atom is -0.356 e. The predicted octanol–water partition coefficient (Wildman–Crippen LogP) is 5.49. The molecule has 1 aliphatic rings. The summed E-state index contributed by atoms with van der Waals surface area (Å²) in [6.07, 6.45) is 5.60. The van der Waals surface area contributed by atoms with E-state index in [-0.39, 0.29) is 48.1 Å². The van der Waals surface area contributed by atoms with Gasteiger partial charge in [-0.15, -0.1) is 0 Å². The van der Waals surface area contributed by atoms with E-state index in [9.17, 15) is 17.6 Å². The highest BCUT2D eigenvalue weighted by Gasteiger charge is 2.35. The first kappa shape index (κ1) is 33.2. The van der Waals surface area contributed by atoms with Gasteiger partial charge in [-0.1, -0.05) is 56.3 Å². The molecule has 0 spiro atoms. The highest BCUT2D eigenvalue weighted by molar-refractivity contribution is 7.90. The number of sulfone groups is 1. The first-order valence-corrected chi connectivity index (χ1v) is 16.8.